The fraction of sp³-hybridized carbons (Fsp3) is 0.375. The van der Waals surface area contributed by atoms with Crippen molar-refractivity contribution in [3.05, 3.63) is 60.2 Å². The van der Waals surface area contributed by atoms with Crippen molar-refractivity contribution in [1.82, 2.24) is 14.6 Å². The van der Waals surface area contributed by atoms with Crippen molar-refractivity contribution >= 4 is 39.3 Å². The molecule has 0 aliphatic carbocycles. The predicted octanol–water partition coefficient (Wildman–Crippen LogP) is 2.63. The molecule has 4 rings (SSSR count). The summed E-state index contributed by atoms with van der Waals surface area (Å²) in [5, 5.41) is 7.39. The van der Waals surface area contributed by atoms with Crippen LogP contribution in [0.1, 0.15) is 18.4 Å². The first kappa shape index (κ1) is 22.2. The zero-order valence-electron chi connectivity index (χ0n) is 18.0. The maximum atomic E-state index is 12.8. The average molecular weight is 452 g/mol. The second kappa shape index (κ2) is 10.6. The van der Waals surface area contributed by atoms with Crippen LogP contribution in [-0.2, 0) is 16.0 Å². The van der Waals surface area contributed by atoms with Gasteiger partial charge in [0.1, 0.15) is 5.82 Å². The standard InChI is InChI=1S/C24H29N5O2S/c25-20(15-17-7-2-1-3-8-17)24(31)29-14-6-9-18(16-29)23(30)27-13-12-26-22-19-10-4-5-11-21(19)32-28-22/h1-5,7-8,10-11,18,20H,6,9,12-16,25H2,(H,26,28)(H,27,30). The fourth-order valence-electron chi connectivity index (χ4n) is 4.11. The first-order valence-corrected chi connectivity index (χ1v) is 11.8. The lowest BCUT2D eigenvalue weighted by Crippen LogP contribution is -2.51. The third-order valence-corrected chi connectivity index (χ3v) is 6.64. The summed E-state index contributed by atoms with van der Waals surface area (Å²) in [5.74, 6) is 0.561. The van der Waals surface area contributed by atoms with Crippen LogP contribution in [0.3, 0.4) is 0 Å². The molecule has 0 radical (unpaired) electrons. The Bertz CT molecular complexity index is 1050. The summed E-state index contributed by atoms with van der Waals surface area (Å²) >= 11 is 1.46. The van der Waals surface area contributed by atoms with Crippen molar-refractivity contribution in [2.45, 2.75) is 25.3 Å². The molecule has 2 heterocycles. The largest absolute Gasteiger partial charge is 0.367 e. The van der Waals surface area contributed by atoms with Crippen LogP contribution in [0.5, 0.6) is 0 Å². The van der Waals surface area contributed by atoms with Crippen LogP contribution in [0.25, 0.3) is 10.1 Å². The molecule has 0 saturated carbocycles. The number of nitrogens with one attached hydrogen (secondary N) is 2. The topological polar surface area (TPSA) is 100 Å². The molecular weight excluding hydrogens is 422 g/mol. The molecule has 0 bridgehead atoms. The molecule has 1 fully saturated rings. The quantitative estimate of drug-likeness (QED) is 0.457. The number of carbonyl (C=O) groups excluding carboxylic acids is 2. The predicted molar refractivity (Wildman–Crippen MR) is 129 cm³/mol. The van der Waals surface area contributed by atoms with Gasteiger partial charge >= 0.3 is 0 Å². The van der Waals surface area contributed by atoms with Gasteiger partial charge < -0.3 is 21.3 Å². The minimum absolute atomic E-state index is 0.0101. The van der Waals surface area contributed by atoms with E-state index in [1.165, 1.54) is 11.5 Å². The van der Waals surface area contributed by atoms with Crippen LogP contribution >= 0.6 is 11.5 Å². The number of piperidine rings is 1. The zero-order chi connectivity index (χ0) is 22.3. The lowest BCUT2D eigenvalue weighted by atomic mass is 9.96. The summed E-state index contributed by atoms with van der Waals surface area (Å²) in [4.78, 5) is 27.3. The van der Waals surface area contributed by atoms with E-state index < -0.39 is 6.04 Å². The Morgan fingerprint density at radius 3 is 2.75 bits per heavy atom. The highest BCUT2D eigenvalue weighted by molar-refractivity contribution is 7.13. The molecule has 2 atom stereocenters. The highest BCUT2D eigenvalue weighted by Crippen LogP contribution is 2.25. The summed E-state index contributed by atoms with van der Waals surface area (Å²) in [7, 11) is 0. The smallest absolute Gasteiger partial charge is 0.239 e. The number of hydrogen-bond donors (Lipinski definition) is 3. The Kier molecular flexibility index (Phi) is 7.34. The van der Waals surface area contributed by atoms with Gasteiger partial charge in [0, 0.05) is 31.6 Å². The lowest BCUT2D eigenvalue weighted by molar-refractivity contribution is -0.136. The number of carbonyl (C=O) groups is 2. The van der Waals surface area contributed by atoms with Crippen molar-refractivity contribution in [3.63, 3.8) is 0 Å². The number of fused-ring (bicyclic) bond motifs is 1. The molecule has 3 aromatic rings. The van der Waals surface area contributed by atoms with Gasteiger partial charge in [-0.15, -0.1) is 0 Å². The second-order valence-electron chi connectivity index (χ2n) is 8.16. The highest BCUT2D eigenvalue weighted by atomic mass is 32.1. The van der Waals surface area contributed by atoms with Gasteiger partial charge in [0.15, 0.2) is 0 Å². The summed E-state index contributed by atoms with van der Waals surface area (Å²) in [6.07, 6.45) is 2.10. The van der Waals surface area contributed by atoms with E-state index in [1.807, 2.05) is 54.6 Å². The number of anilines is 1. The molecule has 2 unspecified atom stereocenters. The molecule has 0 spiro atoms. The first-order valence-electron chi connectivity index (χ1n) is 11.1. The van der Waals surface area contributed by atoms with E-state index in [9.17, 15) is 9.59 Å². The summed E-state index contributed by atoms with van der Waals surface area (Å²) < 4.78 is 5.58. The normalized spacial score (nSPS) is 17.2. The molecule has 168 valence electrons. The van der Waals surface area contributed by atoms with Crippen molar-refractivity contribution < 1.29 is 9.59 Å². The van der Waals surface area contributed by atoms with E-state index in [4.69, 9.17) is 5.73 Å². The number of hydrogen-bond acceptors (Lipinski definition) is 6. The molecule has 1 aliphatic rings. The van der Waals surface area contributed by atoms with Crippen molar-refractivity contribution in [2.75, 3.05) is 31.5 Å². The van der Waals surface area contributed by atoms with E-state index in [1.54, 1.807) is 4.90 Å². The fourth-order valence-corrected chi connectivity index (χ4v) is 4.86. The lowest BCUT2D eigenvalue weighted by Gasteiger charge is -2.33. The van der Waals surface area contributed by atoms with E-state index in [0.29, 0.717) is 32.6 Å². The summed E-state index contributed by atoms with van der Waals surface area (Å²) in [6.45, 7) is 2.18. The maximum Gasteiger partial charge on any atom is 0.239 e. The third-order valence-electron chi connectivity index (χ3n) is 5.81. The van der Waals surface area contributed by atoms with Crippen molar-refractivity contribution in [1.29, 1.82) is 0 Å². The number of rotatable bonds is 8. The van der Waals surface area contributed by atoms with Crippen LogP contribution in [0.15, 0.2) is 54.6 Å². The molecule has 4 N–H and O–H groups in total. The number of nitrogens with two attached hydrogens (primary N) is 1. The van der Waals surface area contributed by atoms with Crippen LogP contribution in [0.4, 0.5) is 5.82 Å². The van der Waals surface area contributed by atoms with Gasteiger partial charge in [-0.2, -0.15) is 4.37 Å². The summed E-state index contributed by atoms with van der Waals surface area (Å²) in [6, 6.07) is 17.3. The van der Waals surface area contributed by atoms with E-state index >= 15 is 0 Å². The Morgan fingerprint density at radius 2 is 1.91 bits per heavy atom. The van der Waals surface area contributed by atoms with E-state index in [-0.39, 0.29) is 17.7 Å². The molecule has 2 aromatic carbocycles. The van der Waals surface area contributed by atoms with Crippen LogP contribution < -0.4 is 16.4 Å². The summed E-state index contributed by atoms with van der Waals surface area (Å²) in [5.41, 5.74) is 7.22. The third kappa shape index (κ3) is 5.44. The number of likely N-dealkylation sites (tertiary alicyclic amines) is 1. The van der Waals surface area contributed by atoms with Crippen molar-refractivity contribution in [3.8, 4) is 0 Å². The Morgan fingerprint density at radius 1 is 1.12 bits per heavy atom. The SMILES string of the molecule is NC(Cc1ccccc1)C(=O)N1CCCC(C(=O)NCCNc2nsc3ccccc23)C1. The Hall–Kier alpha value is -2.97. The van der Waals surface area contributed by atoms with Crippen molar-refractivity contribution in [2.24, 2.45) is 11.7 Å². The number of aromatic nitrogens is 1. The molecule has 1 aromatic heterocycles. The molecule has 1 aliphatic heterocycles. The van der Waals surface area contributed by atoms with Crippen LogP contribution in [0.2, 0.25) is 0 Å². The van der Waals surface area contributed by atoms with Crippen LogP contribution in [-0.4, -0.2) is 53.3 Å². The molecule has 2 amide bonds. The maximum absolute atomic E-state index is 12.8. The van der Waals surface area contributed by atoms with Gasteiger partial charge in [0.05, 0.1) is 16.7 Å². The molecule has 8 heteroatoms. The van der Waals surface area contributed by atoms with Gasteiger partial charge in [-0.3, -0.25) is 9.59 Å². The Balaban J connectivity index is 1.23. The molecule has 32 heavy (non-hydrogen) atoms. The number of amides is 2. The van der Waals surface area contributed by atoms with Gasteiger partial charge in [-0.1, -0.05) is 42.5 Å². The monoisotopic (exact) mass is 451 g/mol. The molecule has 7 nitrogen and oxygen atoms in total. The van der Waals surface area contributed by atoms with Gasteiger partial charge in [-0.05, 0) is 48.5 Å². The average Bonchev–Trinajstić information content (AvgIpc) is 3.25. The number of nitrogens with zero attached hydrogens (tertiary/aromatic N) is 2. The highest BCUT2D eigenvalue weighted by Gasteiger charge is 2.30. The van der Waals surface area contributed by atoms with E-state index in [2.05, 4.69) is 15.0 Å². The second-order valence-corrected chi connectivity index (χ2v) is 8.97. The first-order chi connectivity index (χ1) is 15.6. The van der Waals surface area contributed by atoms with Gasteiger partial charge in [0.25, 0.3) is 0 Å². The number of benzene rings is 2. The Labute approximate surface area is 192 Å². The zero-order valence-corrected chi connectivity index (χ0v) is 18.8. The van der Waals surface area contributed by atoms with Gasteiger partial charge in [-0.25, -0.2) is 0 Å². The van der Waals surface area contributed by atoms with E-state index in [0.717, 1.165) is 34.3 Å². The molecule has 1 saturated heterocycles. The minimum Gasteiger partial charge on any atom is -0.367 e. The van der Waals surface area contributed by atoms with Crippen LogP contribution in [0, 0.1) is 5.92 Å². The minimum atomic E-state index is -0.587. The van der Waals surface area contributed by atoms with Gasteiger partial charge in [0.2, 0.25) is 11.8 Å². The molecular formula is C24H29N5O2S.